The van der Waals surface area contributed by atoms with E-state index < -0.39 is 0 Å². The second kappa shape index (κ2) is 5.58. The van der Waals surface area contributed by atoms with Crippen LogP contribution >= 0.6 is 0 Å². The van der Waals surface area contributed by atoms with Gasteiger partial charge in [0.15, 0.2) is 0 Å². The van der Waals surface area contributed by atoms with Gasteiger partial charge < -0.3 is 9.88 Å². The lowest BCUT2D eigenvalue weighted by atomic mass is 10.00. The highest BCUT2D eigenvalue weighted by Crippen LogP contribution is 2.38. The Kier molecular flexibility index (Phi) is 3.41. The van der Waals surface area contributed by atoms with Crippen molar-refractivity contribution in [1.29, 1.82) is 0 Å². The maximum atomic E-state index is 12.4. The molecule has 1 atom stereocenters. The summed E-state index contributed by atoms with van der Waals surface area (Å²) in [5.41, 5.74) is 4.85. The molecule has 2 heterocycles. The molecule has 116 valence electrons. The lowest BCUT2D eigenvalue weighted by Gasteiger charge is -2.25. The molecule has 1 saturated heterocycles. The van der Waals surface area contributed by atoms with E-state index in [4.69, 9.17) is 0 Å². The first-order valence-corrected chi connectivity index (χ1v) is 8.14. The molecule has 0 saturated carbocycles. The van der Waals surface area contributed by atoms with E-state index in [9.17, 15) is 4.79 Å². The smallest absolute Gasteiger partial charge is 0.223 e. The number of aryl methyl sites for hydroxylation is 1. The number of H-pyrrole nitrogens is 1. The van der Waals surface area contributed by atoms with Crippen LogP contribution in [0.2, 0.25) is 0 Å². The monoisotopic (exact) mass is 304 g/mol. The molecular formula is C20H20N2O. The first-order valence-electron chi connectivity index (χ1n) is 8.14. The van der Waals surface area contributed by atoms with Gasteiger partial charge >= 0.3 is 0 Å². The van der Waals surface area contributed by atoms with E-state index in [1.807, 2.05) is 23.1 Å². The summed E-state index contributed by atoms with van der Waals surface area (Å²) in [4.78, 5) is 17.8. The molecule has 3 heteroatoms. The topological polar surface area (TPSA) is 36.1 Å². The predicted octanol–water partition coefficient (Wildman–Crippen LogP) is 4.34. The van der Waals surface area contributed by atoms with Crippen molar-refractivity contribution in [3.05, 3.63) is 71.4 Å². The molecule has 2 aromatic carbocycles. The zero-order valence-electron chi connectivity index (χ0n) is 13.3. The zero-order chi connectivity index (χ0) is 15.8. The molecule has 23 heavy (non-hydrogen) atoms. The van der Waals surface area contributed by atoms with Gasteiger partial charge in [-0.15, -0.1) is 0 Å². The van der Waals surface area contributed by atoms with Crippen molar-refractivity contribution in [2.24, 2.45) is 0 Å². The molecule has 4 rings (SSSR count). The maximum absolute atomic E-state index is 12.4. The van der Waals surface area contributed by atoms with Crippen LogP contribution in [0.15, 0.2) is 54.7 Å². The molecule has 1 fully saturated rings. The molecule has 0 unspecified atom stereocenters. The fourth-order valence-electron chi connectivity index (χ4n) is 3.70. The van der Waals surface area contributed by atoms with Gasteiger partial charge in [-0.1, -0.05) is 42.5 Å². The van der Waals surface area contributed by atoms with Gasteiger partial charge in [0.1, 0.15) is 0 Å². The third kappa shape index (κ3) is 2.42. The molecule has 1 aliphatic heterocycles. The second-order valence-corrected chi connectivity index (χ2v) is 6.30. The number of fused-ring (bicyclic) bond motifs is 1. The van der Waals surface area contributed by atoms with E-state index in [0.29, 0.717) is 13.0 Å². The largest absolute Gasteiger partial charge is 0.361 e. The van der Waals surface area contributed by atoms with Crippen molar-refractivity contribution < 1.29 is 4.79 Å². The quantitative estimate of drug-likeness (QED) is 0.767. The molecule has 0 bridgehead atoms. The fraction of sp³-hybridized carbons (Fsp3) is 0.250. The van der Waals surface area contributed by atoms with Gasteiger partial charge in [-0.05, 0) is 30.5 Å². The second-order valence-electron chi connectivity index (χ2n) is 6.30. The number of amides is 1. The minimum absolute atomic E-state index is 0.164. The van der Waals surface area contributed by atoms with Crippen LogP contribution in [0.25, 0.3) is 10.9 Å². The lowest BCUT2D eigenvalue weighted by Crippen LogP contribution is -2.27. The number of benzene rings is 2. The number of likely N-dealkylation sites (tertiary alicyclic amines) is 1. The molecule has 0 spiro atoms. The summed E-state index contributed by atoms with van der Waals surface area (Å²) < 4.78 is 0. The third-order valence-corrected chi connectivity index (χ3v) is 4.83. The fourth-order valence-corrected chi connectivity index (χ4v) is 3.70. The Morgan fingerprint density at radius 1 is 1.13 bits per heavy atom. The minimum atomic E-state index is 0.164. The molecule has 1 aromatic heterocycles. The van der Waals surface area contributed by atoms with Gasteiger partial charge in [0.25, 0.3) is 0 Å². The Bertz CT molecular complexity index is 850. The normalized spacial score (nSPS) is 18.0. The van der Waals surface area contributed by atoms with Gasteiger partial charge in [-0.2, -0.15) is 0 Å². The number of carbonyl (C=O) groups excluding carboxylic acids is 1. The van der Waals surface area contributed by atoms with E-state index >= 15 is 0 Å². The Morgan fingerprint density at radius 3 is 2.78 bits per heavy atom. The molecular weight excluding hydrogens is 284 g/mol. The summed E-state index contributed by atoms with van der Waals surface area (Å²) in [7, 11) is 0. The number of carbonyl (C=O) groups is 1. The van der Waals surface area contributed by atoms with Gasteiger partial charge in [0.05, 0.1) is 6.04 Å². The summed E-state index contributed by atoms with van der Waals surface area (Å²) in [5.74, 6) is 0.252. The molecule has 0 radical (unpaired) electrons. The van der Waals surface area contributed by atoms with Crippen LogP contribution < -0.4 is 0 Å². The van der Waals surface area contributed by atoms with Crippen molar-refractivity contribution >= 4 is 16.8 Å². The molecule has 1 N–H and O–H groups in total. The number of aromatic nitrogens is 1. The Morgan fingerprint density at radius 2 is 1.96 bits per heavy atom. The molecule has 3 aromatic rings. The van der Waals surface area contributed by atoms with Gasteiger partial charge in [0, 0.05) is 35.6 Å². The Balaban J connectivity index is 1.73. The van der Waals surface area contributed by atoms with Crippen LogP contribution in [-0.2, 0) is 11.3 Å². The number of hydrogen-bond donors (Lipinski definition) is 1. The lowest BCUT2D eigenvalue weighted by molar-refractivity contribution is -0.129. The first-order chi connectivity index (χ1) is 11.2. The standard InChI is InChI=1S/C20H20N2O/c1-14-6-5-9-17-20(14)16(12-21-17)18-10-11-19(23)22(18)13-15-7-3-2-4-8-15/h2-9,12,18,21H,10-11,13H2,1H3/t18-/m1/s1. The summed E-state index contributed by atoms with van der Waals surface area (Å²) in [6.07, 6.45) is 3.61. The molecule has 1 aliphatic rings. The van der Waals surface area contributed by atoms with Crippen molar-refractivity contribution in [3.63, 3.8) is 0 Å². The summed E-state index contributed by atoms with van der Waals surface area (Å²) in [5, 5.41) is 1.27. The zero-order valence-corrected chi connectivity index (χ0v) is 13.3. The summed E-state index contributed by atoms with van der Waals surface area (Å²) >= 11 is 0. The van der Waals surface area contributed by atoms with Crippen molar-refractivity contribution in [1.82, 2.24) is 9.88 Å². The van der Waals surface area contributed by atoms with Crippen LogP contribution in [0.3, 0.4) is 0 Å². The van der Waals surface area contributed by atoms with Gasteiger partial charge in [-0.3, -0.25) is 4.79 Å². The highest BCUT2D eigenvalue weighted by molar-refractivity contribution is 5.88. The van der Waals surface area contributed by atoms with Crippen LogP contribution in [0.1, 0.15) is 35.6 Å². The molecule has 0 aliphatic carbocycles. The number of nitrogens with zero attached hydrogens (tertiary/aromatic N) is 1. The van der Waals surface area contributed by atoms with Crippen LogP contribution in [0.4, 0.5) is 0 Å². The van der Waals surface area contributed by atoms with E-state index in [1.54, 1.807) is 0 Å². The van der Waals surface area contributed by atoms with E-state index in [1.165, 1.54) is 22.1 Å². The number of aromatic amines is 1. The van der Waals surface area contributed by atoms with Crippen molar-refractivity contribution in [3.8, 4) is 0 Å². The van der Waals surface area contributed by atoms with Crippen molar-refractivity contribution in [2.45, 2.75) is 32.4 Å². The molecule has 1 amide bonds. The van der Waals surface area contributed by atoms with E-state index in [2.05, 4.69) is 48.4 Å². The maximum Gasteiger partial charge on any atom is 0.223 e. The van der Waals surface area contributed by atoms with Gasteiger partial charge in [0.2, 0.25) is 5.91 Å². The number of hydrogen-bond acceptors (Lipinski definition) is 1. The van der Waals surface area contributed by atoms with Crippen LogP contribution in [-0.4, -0.2) is 15.8 Å². The number of nitrogens with one attached hydrogen (secondary N) is 1. The predicted molar refractivity (Wildman–Crippen MR) is 92.0 cm³/mol. The van der Waals surface area contributed by atoms with E-state index in [-0.39, 0.29) is 11.9 Å². The summed E-state index contributed by atoms with van der Waals surface area (Å²) in [6.45, 7) is 2.82. The van der Waals surface area contributed by atoms with Crippen molar-refractivity contribution in [2.75, 3.05) is 0 Å². The van der Waals surface area contributed by atoms with Gasteiger partial charge in [-0.25, -0.2) is 0 Å². The minimum Gasteiger partial charge on any atom is -0.361 e. The van der Waals surface area contributed by atoms with Crippen LogP contribution in [0, 0.1) is 6.92 Å². The highest BCUT2D eigenvalue weighted by Gasteiger charge is 2.33. The van der Waals surface area contributed by atoms with Crippen LogP contribution in [0.5, 0.6) is 0 Å². The number of rotatable bonds is 3. The third-order valence-electron chi connectivity index (χ3n) is 4.83. The summed E-state index contributed by atoms with van der Waals surface area (Å²) in [6, 6.07) is 16.7. The first kappa shape index (κ1) is 14.1. The Labute approximate surface area is 135 Å². The van der Waals surface area contributed by atoms with E-state index in [0.717, 1.165) is 11.9 Å². The Hall–Kier alpha value is -2.55. The molecule has 3 nitrogen and oxygen atoms in total. The SMILES string of the molecule is Cc1cccc2[nH]cc([C@H]3CCC(=O)N3Cc3ccccc3)c12. The average molecular weight is 304 g/mol. The highest BCUT2D eigenvalue weighted by atomic mass is 16.2. The average Bonchev–Trinajstić information content (AvgIpc) is 3.14.